The van der Waals surface area contributed by atoms with Crippen molar-refractivity contribution in [1.29, 1.82) is 0 Å². The quantitative estimate of drug-likeness (QED) is 0.459. The molecule has 3 aromatic rings. The Kier molecular flexibility index (Phi) is 4.83. The number of rotatable bonds is 3. The molecule has 26 heavy (non-hydrogen) atoms. The molecule has 0 unspecified atom stereocenters. The number of benzene rings is 2. The lowest BCUT2D eigenvalue weighted by Gasteiger charge is -2.32. The molecule has 0 amide bonds. The Morgan fingerprint density at radius 3 is 2.15 bits per heavy atom. The van der Waals surface area contributed by atoms with Crippen molar-refractivity contribution in [1.82, 2.24) is 4.90 Å². The van der Waals surface area contributed by atoms with Crippen molar-refractivity contribution < 1.29 is 4.57 Å². The predicted molar refractivity (Wildman–Crippen MR) is 113 cm³/mol. The van der Waals surface area contributed by atoms with Gasteiger partial charge in [-0.3, -0.25) is 0 Å². The monoisotopic (exact) mass is 349 g/mol. The summed E-state index contributed by atoms with van der Waals surface area (Å²) in [6.45, 7) is 14.7. The van der Waals surface area contributed by atoms with Gasteiger partial charge < -0.3 is 4.90 Å². The van der Waals surface area contributed by atoms with Crippen LogP contribution < -0.4 is 4.57 Å². The van der Waals surface area contributed by atoms with Crippen LogP contribution in [0.1, 0.15) is 47.1 Å². The minimum Gasteiger partial charge on any atom is -0.301 e. The van der Waals surface area contributed by atoms with E-state index in [0.29, 0.717) is 0 Å². The molecule has 0 fully saturated rings. The second kappa shape index (κ2) is 6.66. The Morgan fingerprint density at radius 1 is 0.846 bits per heavy atom. The van der Waals surface area contributed by atoms with Gasteiger partial charge in [-0.2, -0.15) is 4.57 Å². The van der Waals surface area contributed by atoms with Crippen molar-refractivity contribution in [2.24, 2.45) is 0 Å². The lowest BCUT2D eigenvalue weighted by atomic mass is 9.96. The zero-order valence-corrected chi connectivity index (χ0v) is 17.4. The number of pyridine rings is 1. The van der Waals surface area contributed by atoms with Gasteiger partial charge >= 0.3 is 0 Å². The van der Waals surface area contributed by atoms with Gasteiger partial charge in [-0.25, -0.2) is 0 Å². The van der Waals surface area contributed by atoms with Gasteiger partial charge in [-0.15, -0.1) is 0 Å². The summed E-state index contributed by atoms with van der Waals surface area (Å²) in [5.41, 5.74) is 3.03. The van der Waals surface area contributed by atoms with E-state index in [0.717, 1.165) is 13.0 Å². The summed E-state index contributed by atoms with van der Waals surface area (Å²) < 4.78 is 2.43. The van der Waals surface area contributed by atoms with E-state index in [9.17, 15) is 0 Å². The molecule has 138 valence electrons. The maximum Gasteiger partial charge on any atom is 0.221 e. The van der Waals surface area contributed by atoms with E-state index in [-0.39, 0.29) is 11.1 Å². The van der Waals surface area contributed by atoms with Crippen LogP contribution in [0.2, 0.25) is 0 Å². The second-order valence-corrected chi connectivity index (χ2v) is 9.41. The van der Waals surface area contributed by atoms with Crippen LogP contribution in [0.15, 0.2) is 48.7 Å². The van der Waals surface area contributed by atoms with Gasteiger partial charge in [0.2, 0.25) is 5.52 Å². The molecule has 2 aromatic carbocycles. The van der Waals surface area contributed by atoms with Crippen molar-refractivity contribution >= 4 is 21.7 Å². The fourth-order valence-corrected chi connectivity index (χ4v) is 3.54. The van der Waals surface area contributed by atoms with Crippen molar-refractivity contribution in [2.45, 2.75) is 59.0 Å². The zero-order chi connectivity index (χ0) is 19.1. The van der Waals surface area contributed by atoms with Crippen LogP contribution in [-0.2, 0) is 12.0 Å². The molecule has 2 nitrogen and oxygen atoms in total. The molecule has 0 aliphatic rings. The van der Waals surface area contributed by atoms with Gasteiger partial charge in [0, 0.05) is 44.3 Å². The highest BCUT2D eigenvalue weighted by Crippen LogP contribution is 2.28. The van der Waals surface area contributed by atoms with Gasteiger partial charge in [0.05, 0.1) is 5.39 Å². The Balaban J connectivity index is 2.20. The molecule has 0 spiro atoms. The van der Waals surface area contributed by atoms with Gasteiger partial charge in [0.25, 0.3) is 0 Å². The third-order valence-corrected chi connectivity index (χ3v) is 5.47. The summed E-state index contributed by atoms with van der Waals surface area (Å²) in [6.07, 6.45) is 3.28. The maximum absolute atomic E-state index is 2.44. The molecule has 0 bridgehead atoms. The standard InChI is InChI=1S/C24H33N2/c1-23(2,3)25(7)17-15-19-11-8-10-18-13-14-20-12-9-16-26(24(4,5)6)22(20)21(18)19/h8-14,16H,15,17H2,1-7H3/q+1. The van der Waals surface area contributed by atoms with E-state index in [1.165, 1.54) is 27.2 Å². The number of nitrogens with zero attached hydrogens (tertiary/aromatic N) is 2. The Labute approximate surface area is 158 Å². The lowest BCUT2D eigenvalue weighted by molar-refractivity contribution is -0.730. The first-order chi connectivity index (χ1) is 12.1. The van der Waals surface area contributed by atoms with E-state index in [1.54, 1.807) is 0 Å². The number of hydrogen-bond acceptors (Lipinski definition) is 1. The average molecular weight is 350 g/mol. The first kappa shape index (κ1) is 18.8. The summed E-state index contributed by atoms with van der Waals surface area (Å²) in [5, 5.41) is 4.05. The van der Waals surface area contributed by atoms with Crippen LogP contribution in [0.5, 0.6) is 0 Å². The van der Waals surface area contributed by atoms with E-state index < -0.39 is 0 Å². The molecule has 0 aliphatic heterocycles. The van der Waals surface area contributed by atoms with Crippen molar-refractivity contribution in [3.63, 3.8) is 0 Å². The van der Waals surface area contributed by atoms with Gasteiger partial charge in [-0.05, 0) is 57.3 Å². The molecular formula is C24H33N2+. The number of fused-ring (bicyclic) bond motifs is 3. The zero-order valence-electron chi connectivity index (χ0n) is 17.4. The van der Waals surface area contributed by atoms with Crippen molar-refractivity contribution in [3.05, 3.63) is 54.2 Å². The highest BCUT2D eigenvalue weighted by atomic mass is 15.1. The fourth-order valence-electron chi connectivity index (χ4n) is 3.54. The molecule has 0 saturated heterocycles. The SMILES string of the molecule is CN(CCc1cccc2ccc3ccc[n+](C(C)(C)C)c3c12)C(C)(C)C. The Hall–Kier alpha value is -1.93. The van der Waals surface area contributed by atoms with Crippen LogP contribution in [0, 0.1) is 0 Å². The van der Waals surface area contributed by atoms with Crippen LogP contribution in [0.25, 0.3) is 21.7 Å². The summed E-state index contributed by atoms with van der Waals surface area (Å²) in [5.74, 6) is 0. The normalized spacial score (nSPS) is 13.1. The minimum absolute atomic E-state index is 0.0447. The Morgan fingerprint density at radius 2 is 1.50 bits per heavy atom. The predicted octanol–water partition coefficient (Wildman–Crippen LogP) is 5.31. The summed E-state index contributed by atoms with van der Waals surface area (Å²) in [4.78, 5) is 2.44. The second-order valence-electron chi connectivity index (χ2n) is 9.41. The van der Waals surface area contributed by atoms with Crippen LogP contribution in [-0.4, -0.2) is 24.0 Å². The van der Waals surface area contributed by atoms with E-state index in [2.05, 4.69) is 107 Å². The van der Waals surface area contributed by atoms with Gasteiger partial charge in [-0.1, -0.05) is 24.3 Å². The van der Waals surface area contributed by atoms with Gasteiger partial charge in [0.1, 0.15) is 0 Å². The van der Waals surface area contributed by atoms with Crippen molar-refractivity contribution in [2.75, 3.05) is 13.6 Å². The molecule has 1 aromatic heterocycles. The lowest BCUT2D eigenvalue weighted by Crippen LogP contribution is -2.50. The van der Waals surface area contributed by atoms with Crippen LogP contribution >= 0.6 is 0 Å². The van der Waals surface area contributed by atoms with Gasteiger partial charge in [0.15, 0.2) is 11.7 Å². The number of hydrogen-bond donors (Lipinski definition) is 0. The Bertz CT molecular complexity index is 926. The smallest absolute Gasteiger partial charge is 0.221 e. The average Bonchev–Trinajstić information content (AvgIpc) is 2.56. The topological polar surface area (TPSA) is 7.12 Å². The highest BCUT2D eigenvalue weighted by Gasteiger charge is 2.26. The third-order valence-electron chi connectivity index (χ3n) is 5.47. The van der Waals surface area contributed by atoms with E-state index in [4.69, 9.17) is 0 Å². The molecule has 1 heterocycles. The number of aromatic nitrogens is 1. The minimum atomic E-state index is 0.0447. The molecule has 0 N–H and O–H groups in total. The van der Waals surface area contributed by atoms with Crippen LogP contribution in [0.4, 0.5) is 0 Å². The van der Waals surface area contributed by atoms with E-state index in [1.807, 2.05) is 0 Å². The molecular weight excluding hydrogens is 316 g/mol. The molecule has 0 atom stereocenters. The first-order valence-electron chi connectivity index (χ1n) is 9.66. The first-order valence-corrected chi connectivity index (χ1v) is 9.66. The fraction of sp³-hybridized carbons (Fsp3) is 0.458. The molecule has 2 heteroatoms. The number of likely N-dealkylation sites (N-methyl/N-ethyl adjacent to an activating group) is 1. The van der Waals surface area contributed by atoms with Crippen molar-refractivity contribution in [3.8, 4) is 0 Å². The summed E-state index contributed by atoms with van der Waals surface area (Å²) >= 11 is 0. The highest BCUT2D eigenvalue weighted by molar-refractivity contribution is 6.05. The van der Waals surface area contributed by atoms with E-state index >= 15 is 0 Å². The largest absolute Gasteiger partial charge is 0.301 e. The molecule has 0 aliphatic carbocycles. The maximum atomic E-state index is 2.44. The third kappa shape index (κ3) is 3.61. The molecule has 0 saturated carbocycles. The molecule has 0 radical (unpaired) electrons. The van der Waals surface area contributed by atoms with Crippen LogP contribution in [0.3, 0.4) is 0 Å². The summed E-state index contributed by atoms with van der Waals surface area (Å²) in [7, 11) is 2.22. The molecule has 3 rings (SSSR count). The summed E-state index contributed by atoms with van der Waals surface area (Å²) in [6, 6.07) is 15.7.